The van der Waals surface area contributed by atoms with E-state index in [0.29, 0.717) is 0 Å². The van der Waals surface area contributed by atoms with Crippen molar-refractivity contribution in [3.05, 3.63) is 296 Å². The molecule has 9 aromatic carbocycles. The van der Waals surface area contributed by atoms with E-state index in [-0.39, 0.29) is 65.0 Å². The van der Waals surface area contributed by atoms with Crippen LogP contribution in [0, 0.1) is 41.5 Å². The fourth-order valence-electron chi connectivity index (χ4n) is 22.6. The van der Waals surface area contributed by atoms with Crippen LogP contribution in [-0.4, -0.2) is 0 Å². The minimum Gasteiger partial charge on any atom is -0.408 e. The molecule has 0 aliphatic carbocycles. The van der Waals surface area contributed by atoms with Gasteiger partial charge in [0.15, 0.2) is 0 Å². The van der Waals surface area contributed by atoms with Crippen molar-refractivity contribution in [3.8, 4) is 17.2 Å². The number of benzene rings is 9. The highest BCUT2D eigenvalue weighted by Gasteiger charge is 2.53. The maximum absolute atomic E-state index is 8.88. The van der Waals surface area contributed by atoms with Crippen LogP contribution in [0.25, 0.3) is 0 Å². The predicted octanol–water partition coefficient (Wildman–Crippen LogP) is 40.0. The van der Waals surface area contributed by atoms with Crippen LogP contribution in [-0.2, 0) is 81.2 Å². The highest BCUT2D eigenvalue weighted by atomic mass is 31.2. The Morgan fingerprint density at radius 1 is 0.184 bits per heavy atom. The fourth-order valence-corrected chi connectivity index (χ4v) is 23.7. The van der Waals surface area contributed by atoms with Gasteiger partial charge in [-0.2, -0.15) is 0 Å². The monoisotopic (exact) mass is 1860 g/mol. The molecule has 0 radical (unpaired) electrons. The molecule has 0 unspecified atom stereocenters. The summed E-state index contributed by atoms with van der Waals surface area (Å²) in [6.45, 7) is 110. The van der Waals surface area contributed by atoms with Crippen molar-refractivity contribution in [2.75, 3.05) is 0 Å². The van der Waals surface area contributed by atoms with Crippen LogP contribution in [0.4, 0.5) is 0 Å². The summed E-state index contributed by atoms with van der Waals surface area (Å²) < 4.78 is 26.6. The molecule has 4 heteroatoms. The summed E-state index contributed by atoms with van der Waals surface area (Å²) in [5, 5.41) is 0. The summed E-state index contributed by atoms with van der Waals surface area (Å²) in [5.74, 6) is 2.29. The molecule has 0 aliphatic heterocycles. The second-order valence-electron chi connectivity index (χ2n) is 54.5. The predicted molar refractivity (Wildman–Crippen MR) is 599 cm³/mol. The Kier molecular flexibility index (Phi) is 34.8. The van der Waals surface area contributed by atoms with Crippen LogP contribution in [0.3, 0.4) is 0 Å². The van der Waals surface area contributed by atoms with Crippen molar-refractivity contribution in [1.29, 1.82) is 0 Å². The Morgan fingerprint density at radius 3 is 0.485 bits per heavy atom. The van der Waals surface area contributed by atoms with E-state index in [2.05, 4.69) is 457 Å². The first-order valence-corrected chi connectivity index (χ1v) is 54.6. The molecule has 9 aromatic rings. The Bertz CT molecular complexity index is 4780. The number of hydrogen-bond acceptors (Lipinski definition) is 3. The Morgan fingerprint density at radius 2 is 0.338 bits per heavy atom. The molecule has 0 saturated heterocycles. The molecule has 0 aliphatic rings. The second kappa shape index (κ2) is 42.2. The minimum absolute atomic E-state index is 0.137. The molecule has 0 atom stereocenters. The van der Waals surface area contributed by atoms with Gasteiger partial charge in [-0.1, -0.05) is 494 Å². The van der Waals surface area contributed by atoms with E-state index in [1.165, 1.54) is 153 Å². The van der Waals surface area contributed by atoms with Crippen molar-refractivity contribution in [3.63, 3.8) is 0 Å². The van der Waals surface area contributed by atoms with E-state index >= 15 is 0 Å². The molecule has 0 amide bonds. The summed E-state index contributed by atoms with van der Waals surface area (Å²) in [5.41, 5.74) is 30.6. The van der Waals surface area contributed by atoms with Crippen LogP contribution >= 0.6 is 8.60 Å². The van der Waals surface area contributed by atoms with Gasteiger partial charge in [-0.15, -0.1) is 0 Å². The Hall–Kier alpha value is -7.19. The maximum atomic E-state index is 8.88. The normalized spacial score (nSPS) is 13.6. The average Bonchev–Trinajstić information content (AvgIpc) is 0.709. The van der Waals surface area contributed by atoms with Gasteiger partial charge in [0.25, 0.3) is 0 Å². The first kappa shape index (κ1) is 112. The summed E-state index contributed by atoms with van der Waals surface area (Å²) >= 11 is 0. The highest BCUT2D eigenvalue weighted by Crippen LogP contribution is 2.63. The van der Waals surface area contributed by atoms with Crippen molar-refractivity contribution < 1.29 is 13.6 Å². The SMILES string of the molecule is CCCCCCCC(c1ccccc1OP(Oc1ccccc1C(CCCCCCC)(c1c(C)cc(C(C)(C)C)cc1C(C)(C)C)c1c(C)cc(C(C)(C)C)cc1C(C)(C)C)Oc1ccccc1C(CCCCCCC)(c1c(C)cc(C(C)(C)C)cc1C(C)(C)C)c1c(C)cc(C(C)(C)C)cc1C(C)(C)C)(c1c(C)cc(C(C)(C)C)cc1C(C)(C)C)c1c(C)cc(C(C)(C)C)cc1C(C)(C)C. The number of rotatable bonds is 33. The van der Waals surface area contributed by atoms with E-state index in [1.54, 1.807) is 0 Å². The molecule has 136 heavy (non-hydrogen) atoms. The minimum atomic E-state index is -2.61. The number of hydrogen-bond donors (Lipinski definition) is 0. The topological polar surface area (TPSA) is 27.7 Å². The van der Waals surface area contributed by atoms with Gasteiger partial charge in [0.2, 0.25) is 0 Å². The first-order chi connectivity index (χ1) is 62.4. The lowest BCUT2D eigenvalue weighted by molar-refractivity contribution is 0.367. The number of para-hydroxylation sites is 3. The summed E-state index contributed by atoms with van der Waals surface area (Å²) in [6.07, 6.45) is 19.2. The van der Waals surface area contributed by atoms with Gasteiger partial charge < -0.3 is 13.6 Å². The van der Waals surface area contributed by atoms with Crippen LogP contribution in [0.1, 0.15) is 536 Å². The van der Waals surface area contributed by atoms with Crippen LogP contribution in [0.15, 0.2) is 146 Å². The number of aryl methyl sites for hydroxylation is 6. The Balaban J connectivity index is 1.64. The zero-order valence-electron chi connectivity index (χ0n) is 95.8. The highest BCUT2D eigenvalue weighted by molar-refractivity contribution is 7.43. The Labute approximate surface area is 837 Å². The lowest BCUT2D eigenvalue weighted by atomic mass is 9.57. The van der Waals surface area contributed by atoms with Crippen molar-refractivity contribution in [2.45, 2.75) is 508 Å². The largest absolute Gasteiger partial charge is 0.530 e. The van der Waals surface area contributed by atoms with E-state index in [9.17, 15) is 0 Å². The fraction of sp³-hybridized carbons (Fsp3) is 0.591. The third kappa shape index (κ3) is 24.9. The lowest BCUT2D eigenvalue weighted by Crippen LogP contribution is -2.39. The van der Waals surface area contributed by atoms with Crippen LogP contribution in [0.5, 0.6) is 17.2 Å². The van der Waals surface area contributed by atoms with Crippen molar-refractivity contribution >= 4 is 8.60 Å². The van der Waals surface area contributed by atoms with Crippen molar-refractivity contribution in [1.82, 2.24) is 0 Å². The molecular formula is C132H195O3P. The molecule has 0 aromatic heterocycles. The van der Waals surface area contributed by atoms with Gasteiger partial charge in [-0.25, -0.2) is 0 Å². The first-order valence-electron chi connectivity index (χ1n) is 53.5. The second-order valence-corrected chi connectivity index (χ2v) is 55.5. The molecule has 0 bridgehead atoms. The number of unbranched alkanes of at least 4 members (excludes halogenated alkanes) is 12. The molecule has 0 spiro atoms. The van der Waals surface area contributed by atoms with E-state index < -0.39 is 24.8 Å². The molecule has 0 heterocycles. The zero-order valence-corrected chi connectivity index (χ0v) is 96.7. The smallest absolute Gasteiger partial charge is 0.408 e. The summed E-state index contributed by atoms with van der Waals surface area (Å²) in [7, 11) is -2.61. The van der Waals surface area contributed by atoms with Gasteiger partial charge in [-0.05, 0) is 278 Å². The van der Waals surface area contributed by atoms with E-state index in [0.717, 1.165) is 130 Å². The lowest BCUT2D eigenvalue weighted by Gasteiger charge is -2.46. The standard InChI is InChI=1S/C132H195O3P/c1-46-49-52-55-64-73-130(112-88(4)76-94(118(10,11)12)82-103(112)124(28,29)30,113-89(5)77-95(119(13,14)15)83-104(113)125(31,32)33)100-67-58-61-70-109(100)133-136(134-110-71-62-59-68-101(110)131(74-65-56-53-50-47-2,114-90(6)78-96(120(16,17)18)84-105(114)126(34,35)36)115-91(7)79-97(121(19,20)21)85-106(115)127(37,38)39)135-111-72-63-60-69-102(111)132(75-66-57-54-51-48-3,116-92(8)80-98(122(22,23)24)86-107(116)128(40,41)42)117-93(9)81-99(123(25,26)27)87-108(117)129(43,44)45/h58-63,67-72,76-87H,46-57,64-66,73-75H2,1-45H3. The third-order valence-electron chi connectivity index (χ3n) is 30.1. The van der Waals surface area contributed by atoms with Gasteiger partial charge in [0.05, 0.1) is 0 Å². The average molecular weight is 1860 g/mol. The maximum Gasteiger partial charge on any atom is 0.530 e. The third-order valence-corrected chi connectivity index (χ3v) is 31.2. The molecule has 0 saturated carbocycles. The molecule has 9 rings (SSSR count). The summed E-state index contributed by atoms with van der Waals surface area (Å²) in [4.78, 5) is 0. The zero-order chi connectivity index (χ0) is 102. The van der Waals surface area contributed by atoms with Gasteiger partial charge in [-0.3, -0.25) is 0 Å². The molecule has 0 fully saturated rings. The molecular weight excluding hydrogens is 1660 g/mol. The molecule has 746 valence electrons. The van der Waals surface area contributed by atoms with Crippen LogP contribution < -0.4 is 13.6 Å². The van der Waals surface area contributed by atoms with Gasteiger partial charge in [0, 0.05) is 32.9 Å². The summed E-state index contributed by atoms with van der Waals surface area (Å²) in [6, 6.07) is 59.4. The molecule has 3 nitrogen and oxygen atoms in total. The van der Waals surface area contributed by atoms with E-state index in [1.807, 2.05) is 0 Å². The van der Waals surface area contributed by atoms with E-state index in [4.69, 9.17) is 13.6 Å². The van der Waals surface area contributed by atoms with Crippen molar-refractivity contribution in [2.24, 2.45) is 0 Å². The van der Waals surface area contributed by atoms with Gasteiger partial charge >= 0.3 is 8.60 Å². The van der Waals surface area contributed by atoms with Gasteiger partial charge in [0.1, 0.15) is 17.2 Å². The molecule has 0 N–H and O–H groups in total. The van der Waals surface area contributed by atoms with Crippen LogP contribution in [0.2, 0.25) is 0 Å². The quantitative estimate of drug-likeness (QED) is 0.0233.